The summed E-state index contributed by atoms with van der Waals surface area (Å²) in [5.41, 5.74) is 3.78. The number of carbonyl (C=O) groups is 1. The standard InChI is InChI=1S/C19H21N3O2S2/c1-12-7-9-25-17(12)10-22(4)19(23)15-6-5-8-20-18(15)26-11-16-13(2)21-24-14(16)3/h5-9H,10-11H2,1-4H3. The second-order valence-electron chi connectivity index (χ2n) is 6.14. The average molecular weight is 388 g/mol. The van der Waals surface area contributed by atoms with Crippen LogP contribution < -0.4 is 0 Å². The van der Waals surface area contributed by atoms with Gasteiger partial charge < -0.3 is 9.42 Å². The monoisotopic (exact) mass is 387 g/mol. The van der Waals surface area contributed by atoms with Gasteiger partial charge in [-0.15, -0.1) is 23.1 Å². The Morgan fingerprint density at radius 2 is 2.12 bits per heavy atom. The number of carbonyl (C=O) groups excluding carboxylic acids is 1. The molecule has 0 saturated heterocycles. The maximum absolute atomic E-state index is 12.9. The van der Waals surface area contributed by atoms with E-state index in [4.69, 9.17) is 4.52 Å². The highest BCUT2D eigenvalue weighted by Gasteiger charge is 2.19. The summed E-state index contributed by atoms with van der Waals surface area (Å²) in [7, 11) is 1.83. The molecule has 0 radical (unpaired) electrons. The van der Waals surface area contributed by atoms with Crippen LogP contribution in [0.2, 0.25) is 0 Å². The Morgan fingerprint density at radius 1 is 1.31 bits per heavy atom. The van der Waals surface area contributed by atoms with Crippen LogP contribution in [0.4, 0.5) is 0 Å². The van der Waals surface area contributed by atoms with Gasteiger partial charge in [-0.3, -0.25) is 4.79 Å². The molecule has 0 N–H and O–H groups in total. The highest BCUT2D eigenvalue weighted by atomic mass is 32.2. The number of aryl methyl sites for hydroxylation is 3. The second kappa shape index (κ2) is 8.05. The number of thiophene rings is 1. The molecule has 0 aliphatic rings. The van der Waals surface area contributed by atoms with E-state index < -0.39 is 0 Å². The molecule has 0 atom stereocenters. The fourth-order valence-electron chi connectivity index (χ4n) is 2.58. The van der Waals surface area contributed by atoms with E-state index in [0.717, 1.165) is 22.0 Å². The number of hydrogen-bond donors (Lipinski definition) is 0. The van der Waals surface area contributed by atoms with Crippen LogP contribution in [0.15, 0.2) is 39.3 Å². The van der Waals surface area contributed by atoms with Crippen LogP contribution in [-0.4, -0.2) is 28.0 Å². The normalized spacial score (nSPS) is 10.9. The molecule has 0 unspecified atom stereocenters. The molecule has 26 heavy (non-hydrogen) atoms. The van der Waals surface area contributed by atoms with Crippen LogP contribution >= 0.6 is 23.1 Å². The molecule has 3 aromatic heterocycles. The summed E-state index contributed by atoms with van der Waals surface area (Å²) in [6.07, 6.45) is 1.72. The summed E-state index contributed by atoms with van der Waals surface area (Å²) < 4.78 is 5.21. The van der Waals surface area contributed by atoms with Crippen LogP contribution in [0.1, 0.15) is 37.8 Å². The first-order chi connectivity index (χ1) is 12.5. The molecule has 136 valence electrons. The molecule has 0 bridgehead atoms. The van der Waals surface area contributed by atoms with Crippen LogP contribution in [0.25, 0.3) is 0 Å². The van der Waals surface area contributed by atoms with Crippen molar-refractivity contribution < 1.29 is 9.32 Å². The van der Waals surface area contributed by atoms with Crippen LogP contribution in [0.3, 0.4) is 0 Å². The van der Waals surface area contributed by atoms with E-state index in [-0.39, 0.29) is 5.91 Å². The lowest BCUT2D eigenvalue weighted by Crippen LogP contribution is -2.26. The maximum Gasteiger partial charge on any atom is 0.256 e. The van der Waals surface area contributed by atoms with E-state index in [1.807, 2.05) is 27.0 Å². The van der Waals surface area contributed by atoms with Crippen molar-refractivity contribution in [2.24, 2.45) is 0 Å². The van der Waals surface area contributed by atoms with Gasteiger partial charge in [0.05, 0.1) is 17.8 Å². The second-order valence-corrected chi connectivity index (χ2v) is 8.10. The van der Waals surface area contributed by atoms with E-state index in [0.29, 0.717) is 17.9 Å². The minimum atomic E-state index is -0.0211. The fraction of sp³-hybridized carbons (Fsp3) is 0.316. The van der Waals surface area contributed by atoms with E-state index >= 15 is 0 Å². The van der Waals surface area contributed by atoms with Gasteiger partial charge >= 0.3 is 0 Å². The Balaban J connectivity index is 1.75. The summed E-state index contributed by atoms with van der Waals surface area (Å²) in [5.74, 6) is 1.46. The Bertz CT molecular complexity index is 898. The number of aromatic nitrogens is 2. The Kier molecular flexibility index (Phi) is 5.78. The maximum atomic E-state index is 12.9. The Labute approximate surface area is 161 Å². The molecule has 0 saturated carbocycles. The van der Waals surface area contributed by atoms with Crippen LogP contribution in [0, 0.1) is 20.8 Å². The Morgan fingerprint density at radius 3 is 2.77 bits per heavy atom. The fourth-order valence-corrected chi connectivity index (χ4v) is 4.67. The topological polar surface area (TPSA) is 59.2 Å². The van der Waals surface area contributed by atoms with Gasteiger partial charge in [-0.05, 0) is 49.9 Å². The first kappa shape index (κ1) is 18.7. The SMILES string of the molecule is Cc1ccsc1CN(C)C(=O)c1cccnc1SCc1c(C)noc1C. The first-order valence-electron chi connectivity index (χ1n) is 8.25. The summed E-state index contributed by atoms with van der Waals surface area (Å²) in [6, 6.07) is 5.72. The number of nitrogens with zero attached hydrogens (tertiary/aromatic N) is 3. The lowest BCUT2D eigenvalue weighted by Gasteiger charge is -2.18. The molecule has 0 aliphatic heterocycles. The zero-order valence-corrected chi connectivity index (χ0v) is 16.9. The predicted molar refractivity (Wildman–Crippen MR) is 105 cm³/mol. The van der Waals surface area contributed by atoms with Gasteiger partial charge in [0.15, 0.2) is 0 Å². The molecular weight excluding hydrogens is 366 g/mol. The summed E-state index contributed by atoms with van der Waals surface area (Å²) in [4.78, 5) is 20.3. The number of thioether (sulfide) groups is 1. The van der Waals surface area contributed by atoms with Gasteiger partial charge in [0, 0.05) is 29.4 Å². The van der Waals surface area contributed by atoms with Crippen LogP contribution in [-0.2, 0) is 12.3 Å². The number of rotatable bonds is 6. The van der Waals surface area contributed by atoms with Gasteiger partial charge in [0.2, 0.25) is 0 Å². The molecule has 3 heterocycles. The van der Waals surface area contributed by atoms with E-state index in [1.165, 1.54) is 22.2 Å². The third-order valence-corrected chi connectivity index (χ3v) is 6.27. The van der Waals surface area contributed by atoms with Crippen molar-refractivity contribution in [1.82, 2.24) is 15.0 Å². The van der Waals surface area contributed by atoms with Crippen molar-refractivity contribution in [2.45, 2.75) is 38.1 Å². The summed E-state index contributed by atoms with van der Waals surface area (Å²) in [6.45, 7) is 6.50. The Hall–Kier alpha value is -2.12. The van der Waals surface area contributed by atoms with Gasteiger partial charge in [-0.1, -0.05) is 5.16 Å². The van der Waals surface area contributed by atoms with Crippen molar-refractivity contribution in [3.63, 3.8) is 0 Å². The lowest BCUT2D eigenvalue weighted by molar-refractivity contribution is 0.0782. The smallest absolute Gasteiger partial charge is 0.256 e. The number of amides is 1. The number of pyridine rings is 1. The van der Waals surface area contributed by atoms with Gasteiger partial charge in [0.25, 0.3) is 5.91 Å². The van der Waals surface area contributed by atoms with Crippen LogP contribution in [0.5, 0.6) is 0 Å². The predicted octanol–water partition coefficient (Wildman–Crippen LogP) is 4.62. The van der Waals surface area contributed by atoms with E-state index in [9.17, 15) is 4.79 Å². The van der Waals surface area contributed by atoms with E-state index in [1.54, 1.807) is 28.5 Å². The molecule has 0 aliphatic carbocycles. The van der Waals surface area contributed by atoms with Crippen molar-refractivity contribution in [1.29, 1.82) is 0 Å². The largest absolute Gasteiger partial charge is 0.361 e. The molecule has 1 amide bonds. The summed E-state index contributed by atoms with van der Waals surface area (Å²) >= 11 is 3.21. The molecule has 0 spiro atoms. The molecule has 3 aromatic rings. The number of hydrogen-bond acceptors (Lipinski definition) is 6. The molecule has 3 rings (SSSR count). The minimum absolute atomic E-state index is 0.0211. The van der Waals surface area contributed by atoms with Crippen molar-refractivity contribution in [3.8, 4) is 0 Å². The highest BCUT2D eigenvalue weighted by molar-refractivity contribution is 7.98. The molecule has 0 fully saturated rings. The quantitative estimate of drug-likeness (QED) is 0.578. The van der Waals surface area contributed by atoms with Gasteiger partial charge in [-0.25, -0.2) is 4.98 Å². The molecule has 7 heteroatoms. The molecule has 0 aromatic carbocycles. The van der Waals surface area contributed by atoms with Gasteiger partial charge in [-0.2, -0.15) is 0 Å². The third-order valence-electron chi connectivity index (χ3n) is 4.23. The molecular formula is C19H21N3O2S2. The van der Waals surface area contributed by atoms with Crippen molar-refractivity contribution >= 4 is 29.0 Å². The van der Waals surface area contributed by atoms with Crippen molar-refractivity contribution in [3.05, 3.63) is 62.8 Å². The zero-order chi connectivity index (χ0) is 18.7. The third kappa shape index (κ3) is 3.99. The van der Waals surface area contributed by atoms with E-state index in [2.05, 4.69) is 28.5 Å². The lowest BCUT2D eigenvalue weighted by atomic mass is 10.2. The average Bonchev–Trinajstić information content (AvgIpc) is 3.18. The first-order valence-corrected chi connectivity index (χ1v) is 10.1. The zero-order valence-electron chi connectivity index (χ0n) is 15.3. The highest BCUT2D eigenvalue weighted by Crippen LogP contribution is 2.28. The van der Waals surface area contributed by atoms with Crippen molar-refractivity contribution in [2.75, 3.05) is 7.05 Å². The summed E-state index contributed by atoms with van der Waals surface area (Å²) in [5, 5.41) is 6.76. The van der Waals surface area contributed by atoms with Gasteiger partial charge in [0.1, 0.15) is 10.8 Å². The minimum Gasteiger partial charge on any atom is -0.361 e. The molecule has 5 nitrogen and oxygen atoms in total.